The zero-order valence-corrected chi connectivity index (χ0v) is 11.8. The maximum absolute atomic E-state index is 10.9. The average molecular weight is 312 g/mol. The summed E-state index contributed by atoms with van der Waals surface area (Å²) in [7, 11) is 0. The highest BCUT2D eigenvalue weighted by molar-refractivity contribution is 6.31. The number of halogens is 2. The second kappa shape index (κ2) is 6.54. The summed E-state index contributed by atoms with van der Waals surface area (Å²) in [6.45, 7) is 0. The van der Waals surface area contributed by atoms with E-state index in [0.717, 1.165) is 5.56 Å². The summed E-state index contributed by atoms with van der Waals surface area (Å²) in [4.78, 5) is 10.9. The second-order valence-electron chi connectivity index (χ2n) is 4.11. The summed E-state index contributed by atoms with van der Waals surface area (Å²) in [6.07, 6.45) is -0.704. The number of rotatable bonds is 4. The van der Waals surface area contributed by atoms with Crippen molar-refractivity contribution in [2.75, 3.05) is 0 Å². The van der Waals surface area contributed by atoms with Crippen LogP contribution in [0.2, 0.25) is 10.3 Å². The number of carboxylic acid groups (broad SMARTS) is 1. The Kier molecular flexibility index (Phi) is 4.76. The molecule has 2 N–H and O–H groups in total. The molecule has 0 spiro atoms. The normalized spacial score (nSPS) is 11.9. The Labute approximate surface area is 125 Å². The highest BCUT2D eigenvalue weighted by Crippen LogP contribution is 2.25. The highest BCUT2D eigenvalue weighted by Gasteiger charge is 2.19. The molecule has 0 aliphatic carbocycles. The van der Waals surface area contributed by atoms with Gasteiger partial charge in [-0.25, -0.2) is 4.79 Å². The van der Waals surface area contributed by atoms with Crippen molar-refractivity contribution in [1.29, 1.82) is 0 Å². The minimum atomic E-state index is -1.14. The van der Waals surface area contributed by atoms with Crippen LogP contribution in [-0.2, 0) is 6.42 Å². The average Bonchev–Trinajstić information content (AvgIpc) is 2.41. The summed E-state index contributed by atoms with van der Waals surface area (Å²) in [6, 6.07) is 10.4. The SMILES string of the molecule is O=C(O)NC(Cc1ccccc1)c1cc(Cl)nnc1Cl. The van der Waals surface area contributed by atoms with Crippen LogP contribution in [0.3, 0.4) is 0 Å². The number of aromatic nitrogens is 2. The number of carbonyl (C=O) groups is 1. The second-order valence-corrected chi connectivity index (χ2v) is 4.85. The van der Waals surface area contributed by atoms with Crippen LogP contribution in [0.1, 0.15) is 17.2 Å². The monoisotopic (exact) mass is 311 g/mol. The lowest BCUT2D eigenvalue weighted by Gasteiger charge is -2.18. The number of hydrogen-bond donors (Lipinski definition) is 2. The molecule has 0 radical (unpaired) electrons. The van der Waals surface area contributed by atoms with E-state index in [1.165, 1.54) is 6.07 Å². The third-order valence-corrected chi connectivity index (χ3v) is 3.18. The van der Waals surface area contributed by atoms with Crippen molar-refractivity contribution in [3.63, 3.8) is 0 Å². The molecule has 0 fully saturated rings. The van der Waals surface area contributed by atoms with Crippen LogP contribution in [0.5, 0.6) is 0 Å². The van der Waals surface area contributed by atoms with Crippen LogP contribution in [0, 0.1) is 0 Å². The zero-order chi connectivity index (χ0) is 14.5. The maximum Gasteiger partial charge on any atom is 0.405 e. The van der Waals surface area contributed by atoms with Gasteiger partial charge in [0, 0.05) is 5.56 Å². The van der Waals surface area contributed by atoms with Gasteiger partial charge in [-0.15, -0.1) is 10.2 Å². The standard InChI is InChI=1S/C13H11Cl2N3O2/c14-11-7-9(12(15)18-17-11)10(16-13(19)20)6-8-4-2-1-3-5-8/h1-5,7,10,16H,6H2,(H,19,20). The summed E-state index contributed by atoms with van der Waals surface area (Å²) in [5.41, 5.74) is 1.47. The fourth-order valence-corrected chi connectivity index (χ4v) is 2.23. The first kappa shape index (κ1) is 14.6. The van der Waals surface area contributed by atoms with Gasteiger partial charge in [0.05, 0.1) is 6.04 Å². The quantitative estimate of drug-likeness (QED) is 0.908. The van der Waals surface area contributed by atoms with Gasteiger partial charge >= 0.3 is 6.09 Å². The number of nitrogens with one attached hydrogen (secondary N) is 1. The van der Waals surface area contributed by atoms with E-state index in [2.05, 4.69) is 15.5 Å². The topological polar surface area (TPSA) is 75.1 Å². The third kappa shape index (κ3) is 3.82. The molecule has 0 aliphatic heterocycles. The minimum absolute atomic E-state index is 0.129. The lowest BCUT2D eigenvalue weighted by atomic mass is 10.0. The Morgan fingerprint density at radius 1 is 1.25 bits per heavy atom. The van der Waals surface area contributed by atoms with Gasteiger partial charge in [-0.3, -0.25) is 0 Å². The van der Waals surface area contributed by atoms with Gasteiger partial charge in [-0.2, -0.15) is 0 Å². The molecule has 1 aromatic carbocycles. The van der Waals surface area contributed by atoms with Crippen LogP contribution >= 0.6 is 23.2 Å². The van der Waals surface area contributed by atoms with E-state index >= 15 is 0 Å². The van der Waals surface area contributed by atoms with E-state index in [1.807, 2.05) is 30.3 Å². The predicted octanol–water partition coefficient (Wildman–Crippen LogP) is 3.33. The molecule has 20 heavy (non-hydrogen) atoms. The van der Waals surface area contributed by atoms with E-state index in [4.69, 9.17) is 28.3 Å². The molecule has 0 bridgehead atoms. The van der Waals surface area contributed by atoms with Crippen LogP contribution in [0.25, 0.3) is 0 Å². The molecule has 1 unspecified atom stereocenters. The van der Waals surface area contributed by atoms with E-state index < -0.39 is 12.1 Å². The van der Waals surface area contributed by atoms with Crippen LogP contribution in [0.4, 0.5) is 4.79 Å². The molecular formula is C13H11Cl2N3O2. The molecule has 1 atom stereocenters. The molecule has 0 aliphatic rings. The summed E-state index contributed by atoms with van der Waals surface area (Å²) < 4.78 is 0. The molecule has 1 amide bonds. The smallest absolute Gasteiger partial charge is 0.405 e. The fourth-order valence-electron chi connectivity index (χ4n) is 1.85. The molecule has 0 saturated heterocycles. The van der Waals surface area contributed by atoms with E-state index in [9.17, 15) is 4.79 Å². The number of amides is 1. The van der Waals surface area contributed by atoms with Gasteiger partial charge in [-0.05, 0) is 18.1 Å². The van der Waals surface area contributed by atoms with Gasteiger partial charge in [-0.1, -0.05) is 53.5 Å². The van der Waals surface area contributed by atoms with E-state index in [1.54, 1.807) is 0 Å². The molecule has 0 saturated carbocycles. The van der Waals surface area contributed by atoms with Gasteiger partial charge in [0.15, 0.2) is 10.3 Å². The molecule has 1 heterocycles. The Hall–Kier alpha value is -1.85. The molecule has 1 aromatic heterocycles. The van der Waals surface area contributed by atoms with Crippen molar-refractivity contribution in [2.45, 2.75) is 12.5 Å². The van der Waals surface area contributed by atoms with Gasteiger partial charge in [0.2, 0.25) is 0 Å². The first-order chi connectivity index (χ1) is 9.56. The summed E-state index contributed by atoms with van der Waals surface area (Å²) in [5.74, 6) is 0. The third-order valence-electron chi connectivity index (χ3n) is 2.70. The molecule has 2 aromatic rings. The van der Waals surface area contributed by atoms with Gasteiger partial charge in [0.25, 0.3) is 0 Å². The van der Waals surface area contributed by atoms with Crippen molar-refractivity contribution in [1.82, 2.24) is 15.5 Å². The van der Waals surface area contributed by atoms with Crippen molar-refractivity contribution in [2.24, 2.45) is 0 Å². The Bertz CT molecular complexity index is 608. The summed E-state index contributed by atoms with van der Waals surface area (Å²) >= 11 is 11.8. The van der Waals surface area contributed by atoms with Crippen LogP contribution < -0.4 is 5.32 Å². The first-order valence-electron chi connectivity index (χ1n) is 5.78. The van der Waals surface area contributed by atoms with E-state index in [-0.39, 0.29) is 10.3 Å². The molecule has 5 nitrogen and oxygen atoms in total. The Morgan fingerprint density at radius 2 is 1.95 bits per heavy atom. The summed E-state index contributed by atoms with van der Waals surface area (Å²) in [5, 5.41) is 19.0. The molecular weight excluding hydrogens is 301 g/mol. The van der Waals surface area contributed by atoms with Crippen LogP contribution in [0.15, 0.2) is 36.4 Å². The fraction of sp³-hybridized carbons (Fsp3) is 0.154. The van der Waals surface area contributed by atoms with Crippen molar-refractivity contribution in [3.05, 3.63) is 57.8 Å². The van der Waals surface area contributed by atoms with Crippen molar-refractivity contribution < 1.29 is 9.90 Å². The number of benzene rings is 1. The van der Waals surface area contributed by atoms with Crippen molar-refractivity contribution in [3.8, 4) is 0 Å². The highest BCUT2D eigenvalue weighted by atomic mass is 35.5. The van der Waals surface area contributed by atoms with Crippen LogP contribution in [-0.4, -0.2) is 21.4 Å². The predicted molar refractivity (Wildman–Crippen MR) is 76.1 cm³/mol. The number of nitrogens with zero attached hydrogens (tertiary/aromatic N) is 2. The maximum atomic E-state index is 10.9. The van der Waals surface area contributed by atoms with Gasteiger partial charge < -0.3 is 10.4 Å². The zero-order valence-electron chi connectivity index (χ0n) is 10.3. The first-order valence-corrected chi connectivity index (χ1v) is 6.54. The Morgan fingerprint density at radius 3 is 2.60 bits per heavy atom. The molecule has 104 valence electrons. The van der Waals surface area contributed by atoms with Gasteiger partial charge in [0.1, 0.15) is 0 Å². The Balaban J connectivity index is 2.32. The van der Waals surface area contributed by atoms with E-state index in [0.29, 0.717) is 12.0 Å². The minimum Gasteiger partial charge on any atom is -0.465 e. The lowest BCUT2D eigenvalue weighted by Crippen LogP contribution is -2.28. The molecule has 7 heteroatoms. The lowest BCUT2D eigenvalue weighted by molar-refractivity contribution is 0.190. The van der Waals surface area contributed by atoms with Crippen molar-refractivity contribution >= 4 is 29.3 Å². The number of hydrogen-bond acceptors (Lipinski definition) is 3. The molecule has 2 rings (SSSR count). The largest absolute Gasteiger partial charge is 0.465 e.